The van der Waals surface area contributed by atoms with Crippen molar-refractivity contribution in [3.8, 4) is 0 Å². The first kappa shape index (κ1) is 12.9. The Morgan fingerprint density at radius 2 is 0.957 bits per heavy atom. The van der Waals surface area contributed by atoms with E-state index in [2.05, 4.69) is 72.8 Å². The molecule has 0 aliphatic carbocycles. The smallest absolute Gasteiger partial charge is 0.0569 e. The largest absolute Gasteiger partial charge is 0.0830 e. The standard InChI is InChI=1S/C22H13Cl/c23-22-15-8-2-1-7-14(15)13-20-18-11-4-3-9-16(18)17-10-5-6-12-19(17)21(20)22/h1-13H. The Balaban J connectivity index is 2.22. The Labute approximate surface area is 138 Å². The van der Waals surface area contributed by atoms with Gasteiger partial charge < -0.3 is 0 Å². The van der Waals surface area contributed by atoms with Crippen molar-refractivity contribution in [2.75, 3.05) is 0 Å². The van der Waals surface area contributed by atoms with Crippen LogP contribution in [0.25, 0.3) is 43.1 Å². The first-order valence-electron chi connectivity index (χ1n) is 7.75. The molecule has 0 N–H and O–H groups in total. The van der Waals surface area contributed by atoms with Gasteiger partial charge in [-0.1, -0.05) is 84.4 Å². The van der Waals surface area contributed by atoms with E-state index in [4.69, 9.17) is 11.6 Å². The Morgan fingerprint density at radius 3 is 1.65 bits per heavy atom. The van der Waals surface area contributed by atoms with Crippen molar-refractivity contribution in [3.05, 3.63) is 83.9 Å². The molecule has 0 atom stereocenters. The molecular weight excluding hydrogens is 300 g/mol. The molecule has 0 aliphatic heterocycles. The molecule has 0 bridgehead atoms. The average molecular weight is 313 g/mol. The molecule has 0 fully saturated rings. The SMILES string of the molecule is Clc1c2ccccc2cc2c3ccccc3c3ccccc3c12. The minimum atomic E-state index is 0.847. The van der Waals surface area contributed by atoms with Crippen LogP contribution in [0.4, 0.5) is 0 Å². The van der Waals surface area contributed by atoms with Crippen molar-refractivity contribution in [1.29, 1.82) is 0 Å². The minimum absolute atomic E-state index is 0.847. The second kappa shape index (κ2) is 4.71. The van der Waals surface area contributed by atoms with Crippen LogP contribution in [0.3, 0.4) is 0 Å². The molecule has 0 unspecified atom stereocenters. The fraction of sp³-hybridized carbons (Fsp3) is 0. The van der Waals surface area contributed by atoms with Crippen LogP contribution in [-0.2, 0) is 0 Å². The zero-order chi connectivity index (χ0) is 15.4. The van der Waals surface area contributed by atoms with Crippen molar-refractivity contribution in [1.82, 2.24) is 0 Å². The number of benzene rings is 5. The number of fused-ring (bicyclic) bond motifs is 7. The number of rotatable bonds is 0. The third-order valence-electron chi connectivity index (χ3n) is 4.69. The fourth-order valence-corrected chi connectivity index (χ4v) is 4.04. The highest BCUT2D eigenvalue weighted by molar-refractivity contribution is 6.45. The summed E-state index contributed by atoms with van der Waals surface area (Å²) in [5.41, 5.74) is 0. The van der Waals surface area contributed by atoms with Crippen molar-refractivity contribution < 1.29 is 0 Å². The van der Waals surface area contributed by atoms with Gasteiger partial charge in [-0.05, 0) is 38.4 Å². The van der Waals surface area contributed by atoms with Gasteiger partial charge in [0.1, 0.15) is 0 Å². The molecule has 108 valence electrons. The molecule has 0 saturated heterocycles. The van der Waals surface area contributed by atoms with Gasteiger partial charge in [0.15, 0.2) is 0 Å². The summed E-state index contributed by atoms with van der Waals surface area (Å²) in [6, 6.07) is 27.7. The predicted molar refractivity (Wildman–Crippen MR) is 101 cm³/mol. The average Bonchev–Trinajstić information content (AvgIpc) is 2.62. The third kappa shape index (κ3) is 1.73. The van der Waals surface area contributed by atoms with Gasteiger partial charge in [-0.3, -0.25) is 0 Å². The summed E-state index contributed by atoms with van der Waals surface area (Å²) in [4.78, 5) is 0. The lowest BCUT2D eigenvalue weighted by Gasteiger charge is -2.13. The molecule has 23 heavy (non-hydrogen) atoms. The van der Waals surface area contributed by atoms with Crippen molar-refractivity contribution in [3.63, 3.8) is 0 Å². The number of halogens is 1. The summed E-state index contributed by atoms with van der Waals surface area (Å²) < 4.78 is 0. The molecule has 0 spiro atoms. The highest BCUT2D eigenvalue weighted by Crippen LogP contribution is 2.41. The molecule has 0 aromatic heterocycles. The second-order valence-corrected chi connectivity index (χ2v) is 6.30. The Morgan fingerprint density at radius 1 is 0.478 bits per heavy atom. The summed E-state index contributed by atoms with van der Waals surface area (Å²) >= 11 is 6.85. The molecule has 0 amide bonds. The first-order valence-corrected chi connectivity index (χ1v) is 8.13. The van der Waals surface area contributed by atoms with Crippen LogP contribution in [0.15, 0.2) is 78.9 Å². The van der Waals surface area contributed by atoms with E-state index in [-0.39, 0.29) is 0 Å². The van der Waals surface area contributed by atoms with Gasteiger partial charge in [0.05, 0.1) is 5.02 Å². The van der Waals surface area contributed by atoms with Gasteiger partial charge in [0, 0.05) is 10.8 Å². The lowest BCUT2D eigenvalue weighted by molar-refractivity contribution is 1.77. The van der Waals surface area contributed by atoms with Crippen LogP contribution in [0, 0.1) is 0 Å². The summed E-state index contributed by atoms with van der Waals surface area (Å²) in [6.45, 7) is 0. The van der Waals surface area contributed by atoms with E-state index in [1.807, 2.05) is 6.07 Å². The summed E-state index contributed by atoms with van der Waals surface area (Å²) in [5.74, 6) is 0. The maximum atomic E-state index is 6.85. The zero-order valence-electron chi connectivity index (χ0n) is 12.4. The minimum Gasteiger partial charge on any atom is -0.0830 e. The highest BCUT2D eigenvalue weighted by atomic mass is 35.5. The Bertz CT molecular complexity index is 1220. The van der Waals surface area contributed by atoms with E-state index in [0.29, 0.717) is 0 Å². The van der Waals surface area contributed by atoms with Crippen LogP contribution in [0.1, 0.15) is 0 Å². The van der Waals surface area contributed by atoms with Crippen LogP contribution >= 0.6 is 11.6 Å². The quantitative estimate of drug-likeness (QED) is 0.214. The molecule has 0 heterocycles. The maximum absolute atomic E-state index is 6.85. The lowest BCUT2D eigenvalue weighted by Crippen LogP contribution is -1.85. The van der Waals surface area contributed by atoms with Crippen LogP contribution in [0.2, 0.25) is 5.02 Å². The van der Waals surface area contributed by atoms with Gasteiger partial charge in [-0.15, -0.1) is 0 Å². The fourth-order valence-electron chi connectivity index (χ4n) is 3.67. The molecule has 1 heteroatoms. The molecule has 5 rings (SSSR count). The number of hydrogen-bond donors (Lipinski definition) is 0. The number of hydrogen-bond acceptors (Lipinski definition) is 0. The first-order chi connectivity index (χ1) is 11.3. The van der Waals surface area contributed by atoms with Gasteiger partial charge in [-0.2, -0.15) is 0 Å². The normalized spacial score (nSPS) is 11.7. The molecule has 0 aliphatic rings. The van der Waals surface area contributed by atoms with Crippen LogP contribution < -0.4 is 0 Å². The Kier molecular flexibility index (Phi) is 2.65. The molecule has 0 radical (unpaired) electrons. The molecule has 0 nitrogen and oxygen atoms in total. The maximum Gasteiger partial charge on any atom is 0.0569 e. The van der Waals surface area contributed by atoms with E-state index in [0.717, 1.165) is 15.8 Å². The molecule has 5 aromatic carbocycles. The second-order valence-electron chi connectivity index (χ2n) is 5.93. The summed E-state index contributed by atoms with van der Waals surface area (Å²) in [6.07, 6.45) is 0. The molecular formula is C22H13Cl. The van der Waals surface area contributed by atoms with E-state index >= 15 is 0 Å². The predicted octanol–water partition coefficient (Wildman–Crippen LogP) is 6.95. The van der Waals surface area contributed by atoms with Crippen LogP contribution in [0.5, 0.6) is 0 Å². The van der Waals surface area contributed by atoms with E-state index in [9.17, 15) is 0 Å². The monoisotopic (exact) mass is 312 g/mol. The molecule has 0 saturated carbocycles. The lowest BCUT2D eigenvalue weighted by atomic mass is 9.92. The van der Waals surface area contributed by atoms with E-state index in [1.165, 1.54) is 32.3 Å². The Hall–Kier alpha value is -2.57. The summed E-state index contributed by atoms with van der Waals surface area (Å²) in [5, 5.41) is 10.5. The van der Waals surface area contributed by atoms with Gasteiger partial charge in [0.25, 0.3) is 0 Å². The highest BCUT2D eigenvalue weighted by Gasteiger charge is 2.13. The topological polar surface area (TPSA) is 0 Å². The zero-order valence-corrected chi connectivity index (χ0v) is 13.1. The van der Waals surface area contributed by atoms with Gasteiger partial charge in [0.2, 0.25) is 0 Å². The van der Waals surface area contributed by atoms with Gasteiger partial charge >= 0.3 is 0 Å². The van der Waals surface area contributed by atoms with Crippen molar-refractivity contribution in [2.24, 2.45) is 0 Å². The third-order valence-corrected chi connectivity index (χ3v) is 5.08. The summed E-state index contributed by atoms with van der Waals surface area (Å²) in [7, 11) is 0. The van der Waals surface area contributed by atoms with E-state index in [1.54, 1.807) is 0 Å². The van der Waals surface area contributed by atoms with Gasteiger partial charge in [-0.25, -0.2) is 0 Å². The van der Waals surface area contributed by atoms with Crippen molar-refractivity contribution >= 4 is 54.7 Å². The molecule has 5 aromatic rings. The van der Waals surface area contributed by atoms with Crippen molar-refractivity contribution in [2.45, 2.75) is 0 Å². The van der Waals surface area contributed by atoms with E-state index < -0.39 is 0 Å². The van der Waals surface area contributed by atoms with Crippen LogP contribution in [-0.4, -0.2) is 0 Å².